The number of piperidine rings is 3. The van der Waals surface area contributed by atoms with Crippen LogP contribution < -0.4 is 9.47 Å². The number of nitrogens with zero attached hydrogens (tertiary/aromatic N) is 2. The van der Waals surface area contributed by atoms with Crippen LogP contribution in [0.25, 0.3) is 0 Å². The van der Waals surface area contributed by atoms with E-state index >= 15 is 0 Å². The Kier molecular flexibility index (Phi) is 4.11. The van der Waals surface area contributed by atoms with Gasteiger partial charge in [-0.2, -0.15) is 0 Å². The van der Waals surface area contributed by atoms with E-state index in [0.717, 1.165) is 49.6 Å². The zero-order valence-corrected chi connectivity index (χ0v) is 15.0. The zero-order valence-electron chi connectivity index (χ0n) is 15.0. The largest absolute Gasteiger partial charge is 0.454 e. The summed E-state index contributed by atoms with van der Waals surface area (Å²) >= 11 is 0. The number of methoxy groups -OCH3 is 1. The molecule has 1 aromatic carbocycles. The first-order valence-corrected chi connectivity index (χ1v) is 9.72. The molecule has 5 aliphatic heterocycles. The summed E-state index contributed by atoms with van der Waals surface area (Å²) in [6.07, 6.45) is 3.87. The minimum Gasteiger partial charge on any atom is -0.454 e. The molecular weight excluding hydrogens is 316 g/mol. The van der Waals surface area contributed by atoms with E-state index in [2.05, 4.69) is 28.0 Å². The lowest BCUT2D eigenvalue weighted by atomic mass is 9.75. The fraction of sp³-hybridized carbons (Fsp3) is 0.700. The maximum atomic E-state index is 5.64. The van der Waals surface area contributed by atoms with Crippen LogP contribution in [0.1, 0.15) is 30.7 Å². The topological polar surface area (TPSA) is 34.2 Å². The molecule has 5 nitrogen and oxygen atoms in total. The van der Waals surface area contributed by atoms with Crippen LogP contribution in [0.2, 0.25) is 0 Å². The Morgan fingerprint density at radius 2 is 1.96 bits per heavy atom. The second-order valence-electron chi connectivity index (χ2n) is 7.92. The van der Waals surface area contributed by atoms with Gasteiger partial charge in [-0.05, 0) is 56.0 Å². The number of hydrogen-bond acceptors (Lipinski definition) is 5. The van der Waals surface area contributed by atoms with Gasteiger partial charge in [0.1, 0.15) is 0 Å². The Labute approximate surface area is 149 Å². The van der Waals surface area contributed by atoms with Gasteiger partial charge >= 0.3 is 0 Å². The van der Waals surface area contributed by atoms with E-state index in [-0.39, 0.29) is 0 Å². The number of rotatable bonds is 5. The highest BCUT2D eigenvalue weighted by Crippen LogP contribution is 2.47. The average molecular weight is 344 g/mol. The van der Waals surface area contributed by atoms with E-state index in [4.69, 9.17) is 14.2 Å². The van der Waals surface area contributed by atoms with Crippen LogP contribution in [-0.4, -0.2) is 68.6 Å². The van der Waals surface area contributed by atoms with Crippen LogP contribution in [0.5, 0.6) is 11.5 Å². The molecule has 3 atom stereocenters. The normalized spacial score (nSPS) is 36.0. The van der Waals surface area contributed by atoms with Gasteiger partial charge in [0.25, 0.3) is 0 Å². The summed E-state index contributed by atoms with van der Waals surface area (Å²) in [5, 5.41) is 0. The third-order valence-corrected chi connectivity index (χ3v) is 6.71. The third kappa shape index (κ3) is 2.64. The Bertz CT molecular complexity index is 629. The van der Waals surface area contributed by atoms with E-state index in [9.17, 15) is 0 Å². The van der Waals surface area contributed by atoms with E-state index in [0.29, 0.717) is 18.8 Å². The van der Waals surface area contributed by atoms with Crippen molar-refractivity contribution < 1.29 is 14.2 Å². The van der Waals surface area contributed by atoms with E-state index in [1.165, 1.54) is 31.5 Å². The van der Waals surface area contributed by atoms with Crippen LogP contribution in [0, 0.1) is 5.92 Å². The first-order chi connectivity index (χ1) is 12.3. The molecule has 0 aromatic heterocycles. The van der Waals surface area contributed by atoms with Gasteiger partial charge in [0, 0.05) is 44.8 Å². The number of likely N-dealkylation sites (tertiary alicyclic amines) is 1. The molecule has 0 spiro atoms. The number of hydrogen-bond donors (Lipinski definition) is 0. The lowest BCUT2D eigenvalue weighted by molar-refractivity contribution is -0.00804. The molecule has 5 aliphatic rings. The number of benzene rings is 1. The Morgan fingerprint density at radius 1 is 1.12 bits per heavy atom. The fourth-order valence-electron chi connectivity index (χ4n) is 5.64. The summed E-state index contributed by atoms with van der Waals surface area (Å²) < 4.78 is 16.4. The van der Waals surface area contributed by atoms with Crippen LogP contribution in [0.4, 0.5) is 0 Å². The Morgan fingerprint density at radius 3 is 2.80 bits per heavy atom. The summed E-state index contributed by atoms with van der Waals surface area (Å²) in [4.78, 5) is 5.52. The zero-order chi connectivity index (χ0) is 16.8. The van der Waals surface area contributed by atoms with Gasteiger partial charge in [0.05, 0.1) is 0 Å². The van der Waals surface area contributed by atoms with Crippen molar-refractivity contribution in [2.24, 2.45) is 5.92 Å². The van der Waals surface area contributed by atoms with Gasteiger partial charge < -0.3 is 14.2 Å². The number of fused-ring (bicyclic) bond motifs is 3. The van der Waals surface area contributed by atoms with E-state index in [1.54, 1.807) is 7.11 Å². The Hall–Kier alpha value is -1.30. The molecule has 4 saturated heterocycles. The van der Waals surface area contributed by atoms with Gasteiger partial charge in [-0.3, -0.25) is 9.80 Å². The second-order valence-corrected chi connectivity index (χ2v) is 7.92. The van der Waals surface area contributed by atoms with Crippen LogP contribution in [0.15, 0.2) is 18.2 Å². The molecule has 5 heterocycles. The smallest absolute Gasteiger partial charge is 0.231 e. The van der Waals surface area contributed by atoms with Crippen molar-refractivity contribution in [3.8, 4) is 11.5 Å². The third-order valence-electron chi connectivity index (χ3n) is 6.71. The predicted molar refractivity (Wildman–Crippen MR) is 95.2 cm³/mol. The van der Waals surface area contributed by atoms with Crippen molar-refractivity contribution in [2.75, 3.05) is 46.7 Å². The minimum atomic E-state index is 0.354. The van der Waals surface area contributed by atoms with Crippen LogP contribution >= 0.6 is 0 Å². The lowest BCUT2D eigenvalue weighted by Crippen LogP contribution is -2.60. The van der Waals surface area contributed by atoms with E-state index < -0.39 is 0 Å². The predicted octanol–water partition coefficient (Wildman–Crippen LogP) is 2.31. The fourth-order valence-corrected chi connectivity index (χ4v) is 5.64. The highest BCUT2D eigenvalue weighted by Gasteiger charge is 2.53. The summed E-state index contributed by atoms with van der Waals surface area (Å²) in [6, 6.07) is 7.96. The molecule has 0 saturated carbocycles. The van der Waals surface area contributed by atoms with Crippen LogP contribution in [0.3, 0.4) is 0 Å². The summed E-state index contributed by atoms with van der Waals surface area (Å²) in [5.74, 6) is 3.25. The summed E-state index contributed by atoms with van der Waals surface area (Å²) in [5.41, 5.74) is 1.42. The highest BCUT2D eigenvalue weighted by molar-refractivity contribution is 5.46. The molecule has 4 fully saturated rings. The monoisotopic (exact) mass is 344 g/mol. The molecule has 0 radical (unpaired) electrons. The molecule has 0 aliphatic carbocycles. The highest BCUT2D eigenvalue weighted by atomic mass is 16.7. The van der Waals surface area contributed by atoms with Crippen LogP contribution in [-0.2, 0) is 4.74 Å². The van der Waals surface area contributed by atoms with Crippen molar-refractivity contribution in [2.45, 2.75) is 37.3 Å². The molecule has 0 amide bonds. The van der Waals surface area contributed by atoms with Crippen molar-refractivity contribution in [1.82, 2.24) is 9.80 Å². The number of ether oxygens (including phenoxy) is 3. The molecule has 1 aromatic rings. The van der Waals surface area contributed by atoms with Gasteiger partial charge in [0.2, 0.25) is 6.79 Å². The molecule has 6 rings (SSSR count). The van der Waals surface area contributed by atoms with Crippen molar-refractivity contribution in [1.29, 1.82) is 0 Å². The lowest BCUT2D eigenvalue weighted by Gasteiger charge is -2.51. The standard InChI is InChI=1S/C20H28N2O3/c1-23-10-2-7-22-12-16(15-3-4-17-18(11-15)25-13-24-17)20-19(22)14-5-8-21(20)9-6-14/h3-4,11,14,16,19-20H,2,5-10,12-13H2,1H3/t16-,19+,20+/m1/s1. The summed E-state index contributed by atoms with van der Waals surface area (Å²) in [7, 11) is 1.80. The quantitative estimate of drug-likeness (QED) is 0.766. The maximum Gasteiger partial charge on any atom is 0.231 e. The van der Waals surface area contributed by atoms with Gasteiger partial charge in [-0.25, -0.2) is 0 Å². The maximum absolute atomic E-state index is 5.64. The molecular formula is C20H28N2O3. The molecule has 5 heteroatoms. The molecule has 25 heavy (non-hydrogen) atoms. The average Bonchev–Trinajstić information content (AvgIpc) is 3.28. The van der Waals surface area contributed by atoms with Crippen molar-refractivity contribution in [3.63, 3.8) is 0 Å². The molecule has 136 valence electrons. The van der Waals surface area contributed by atoms with Crippen molar-refractivity contribution >= 4 is 0 Å². The SMILES string of the molecule is COCCCN1C[C@H](c2ccc3c(c2)OCO3)[C@H]2[C@@H]1C1CCN2CC1. The molecule has 2 bridgehead atoms. The summed E-state index contributed by atoms with van der Waals surface area (Å²) in [6.45, 7) is 6.08. The molecule has 0 N–H and O–H groups in total. The first-order valence-electron chi connectivity index (χ1n) is 9.72. The second kappa shape index (κ2) is 6.45. The van der Waals surface area contributed by atoms with Gasteiger partial charge in [0.15, 0.2) is 11.5 Å². The van der Waals surface area contributed by atoms with Gasteiger partial charge in [-0.1, -0.05) is 6.07 Å². The first kappa shape index (κ1) is 15.9. The minimum absolute atomic E-state index is 0.354. The van der Waals surface area contributed by atoms with E-state index in [1.807, 2.05) is 0 Å². The van der Waals surface area contributed by atoms with Gasteiger partial charge in [-0.15, -0.1) is 0 Å². The van der Waals surface area contributed by atoms with Crippen molar-refractivity contribution in [3.05, 3.63) is 23.8 Å². The Balaban J connectivity index is 1.43. The molecule has 0 unspecified atom stereocenters.